The Balaban J connectivity index is 2.31. The van der Waals surface area contributed by atoms with Crippen LogP contribution in [-0.2, 0) is 12.8 Å². The van der Waals surface area contributed by atoms with E-state index in [1.165, 1.54) is 16.9 Å². The van der Waals surface area contributed by atoms with Crippen LogP contribution in [0.5, 0.6) is 0 Å². The maximum Gasteiger partial charge on any atom is 0.261 e. The van der Waals surface area contributed by atoms with Crippen molar-refractivity contribution in [2.75, 3.05) is 7.05 Å². The molecule has 0 saturated carbocycles. The molecule has 0 bridgehead atoms. The highest BCUT2D eigenvalue weighted by Gasteiger charge is 2.17. The average Bonchev–Trinajstić information content (AvgIpc) is 2.60. The number of rotatable bonds is 1. The van der Waals surface area contributed by atoms with Gasteiger partial charge in [-0.25, -0.2) is 0 Å². The lowest BCUT2D eigenvalue weighted by Crippen LogP contribution is -2.16. The van der Waals surface area contributed by atoms with Crippen LogP contribution >= 0.6 is 11.3 Å². The van der Waals surface area contributed by atoms with E-state index >= 15 is 0 Å². The van der Waals surface area contributed by atoms with Crippen LogP contribution in [0.2, 0.25) is 0 Å². The molecule has 1 aromatic heterocycles. The number of amides is 1. The second-order valence-electron chi connectivity index (χ2n) is 2.99. The lowest BCUT2D eigenvalue weighted by molar-refractivity contribution is 0.0967. The topological polar surface area (TPSA) is 29.1 Å². The maximum atomic E-state index is 11.2. The summed E-state index contributed by atoms with van der Waals surface area (Å²) in [4.78, 5) is 13.5. The molecule has 0 atom stereocenters. The number of carbonyl (C=O) groups is 1. The summed E-state index contributed by atoms with van der Waals surface area (Å²) in [7, 11) is 1.67. The summed E-state index contributed by atoms with van der Waals surface area (Å²) >= 11 is 1.64. The molecule has 0 spiro atoms. The van der Waals surface area contributed by atoms with Crippen molar-refractivity contribution in [2.45, 2.75) is 19.3 Å². The van der Waals surface area contributed by atoms with Crippen LogP contribution in [-0.4, -0.2) is 13.0 Å². The fourth-order valence-electron chi connectivity index (χ4n) is 1.56. The first-order valence-corrected chi connectivity index (χ1v) is 4.96. The lowest BCUT2D eigenvalue weighted by atomic mass is 10.2. The van der Waals surface area contributed by atoms with E-state index in [1.54, 1.807) is 18.4 Å². The van der Waals surface area contributed by atoms with E-state index < -0.39 is 0 Å². The number of carbonyl (C=O) groups excluding carboxylic acids is 1. The monoisotopic (exact) mass is 181 g/mol. The van der Waals surface area contributed by atoms with E-state index in [4.69, 9.17) is 0 Å². The highest BCUT2D eigenvalue weighted by molar-refractivity contribution is 7.14. The Hall–Kier alpha value is -0.830. The second-order valence-corrected chi connectivity index (χ2v) is 4.13. The molecule has 64 valence electrons. The molecule has 12 heavy (non-hydrogen) atoms. The van der Waals surface area contributed by atoms with Crippen LogP contribution in [0.25, 0.3) is 0 Å². The third kappa shape index (κ3) is 1.14. The standard InChI is InChI=1S/C9H11NOS/c1-10-9(11)8-5-6-3-2-4-7(6)12-8/h5H,2-4H2,1H3,(H,10,11). The van der Waals surface area contributed by atoms with Gasteiger partial charge in [0.2, 0.25) is 0 Å². The first-order chi connectivity index (χ1) is 5.81. The summed E-state index contributed by atoms with van der Waals surface area (Å²) in [6, 6.07) is 2.03. The number of aryl methyl sites for hydroxylation is 2. The summed E-state index contributed by atoms with van der Waals surface area (Å²) in [5.74, 6) is 0.0504. The number of hydrogen-bond acceptors (Lipinski definition) is 2. The molecule has 0 saturated heterocycles. The summed E-state index contributed by atoms with van der Waals surface area (Å²) in [6.45, 7) is 0. The fourth-order valence-corrected chi connectivity index (χ4v) is 2.76. The van der Waals surface area contributed by atoms with Gasteiger partial charge < -0.3 is 5.32 Å². The second kappa shape index (κ2) is 2.90. The predicted octanol–water partition coefficient (Wildman–Crippen LogP) is 1.60. The van der Waals surface area contributed by atoms with Crippen molar-refractivity contribution in [2.24, 2.45) is 0 Å². The van der Waals surface area contributed by atoms with Gasteiger partial charge in [-0.2, -0.15) is 0 Å². The van der Waals surface area contributed by atoms with Crippen molar-refractivity contribution in [1.29, 1.82) is 0 Å². The van der Waals surface area contributed by atoms with Crippen LogP contribution in [0.1, 0.15) is 26.5 Å². The third-order valence-corrected chi connectivity index (χ3v) is 3.43. The summed E-state index contributed by atoms with van der Waals surface area (Å²) in [5, 5.41) is 2.64. The van der Waals surface area contributed by atoms with Crippen LogP contribution < -0.4 is 5.32 Å². The molecule has 2 nitrogen and oxygen atoms in total. The Morgan fingerprint density at radius 1 is 1.58 bits per heavy atom. The maximum absolute atomic E-state index is 11.2. The van der Waals surface area contributed by atoms with Gasteiger partial charge >= 0.3 is 0 Å². The molecule has 1 N–H and O–H groups in total. The van der Waals surface area contributed by atoms with Gasteiger partial charge in [0.05, 0.1) is 4.88 Å². The zero-order valence-electron chi connectivity index (χ0n) is 7.02. The molecule has 1 aromatic rings. The molecular formula is C9H11NOS. The Labute approximate surface area is 75.6 Å². The van der Waals surface area contributed by atoms with Crippen molar-refractivity contribution in [1.82, 2.24) is 5.32 Å². The summed E-state index contributed by atoms with van der Waals surface area (Å²) in [5.41, 5.74) is 1.39. The molecule has 0 fully saturated rings. The summed E-state index contributed by atoms with van der Waals surface area (Å²) < 4.78 is 0. The molecule has 1 amide bonds. The molecule has 0 aromatic carbocycles. The van der Waals surface area contributed by atoms with Crippen molar-refractivity contribution >= 4 is 17.2 Å². The highest BCUT2D eigenvalue weighted by Crippen LogP contribution is 2.30. The highest BCUT2D eigenvalue weighted by atomic mass is 32.1. The number of fused-ring (bicyclic) bond motifs is 1. The van der Waals surface area contributed by atoms with E-state index in [0.29, 0.717) is 0 Å². The first kappa shape index (κ1) is 7.80. The Morgan fingerprint density at radius 2 is 2.42 bits per heavy atom. The third-order valence-electron chi connectivity index (χ3n) is 2.20. The van der Waals surface area contributed by atoms with Crippen molar-refractivity contribution in [3.63, 3.8) is 0 Å². The SMILES string of the molecule is CNC(=O)c1cc2c(s1)CCC2. The van der Waals surface area contributed by atoms with Crippen molar-refractivity contribution < 1.29 is 4.79 Å². The van der Waals surface area contributed by atoms with Gasteiger partial charge in [-0.3, -0.25) is 4.79 Å². The molecule has 1 aliphatic carbocycles. The van der Waals surface area contributed by atoms with Gasteiger partial charge in [0.15, 0.2) is 0 Å². The molecule has 0 unspecified atom stereocenters. The average molecular weight is 181 g/mol. The minimum Gasteiger partial charge on any atom is -0.354 e. The van der Waals surface area contributed by atoms with Crippen molar-refractivity contribution in [3.8, 4) is 0 Å². The van der Waals surface area contributed by atoms with Gasteiger partial charge in [-0.15, -0.1) is 11.3 Å². The molecule has 0 aliphatic heterocycles. The quantitative estimate of drug-likeness (QED) is 0.700. The molecule has 2 rings (SSSR count). The van der Waals surface area contributed by atoms with Crippen molar-refractivity contribution in [3.05, 3.63) is 21.4 Å². The van der Waals surface area contributed by atoms with E-state index in [9.17, 15) is 4.79 Å². The smallest absolute Gasteiger partial charge is 0.261 e. The fraction of sp³-hybridized carbons (Fsp3) is 0.444. The number of thiophene rings is 1. The van der Waals surface area contributed by atoms with E-state index in [-0.39, 0.29) is 5.91 Å². The van der Waals surface area contributed by atoms with Crippen LogP contribution in [0.3, 0.4) is 0 Å². The zero-order chi connectivity index (χ0) is 8.55. The van der Waals surface area contributed by atoms with Gasteiger partial charge in [-0.1, -0.05) is 0 Å². The number of nitrogens with one attached hydrogen (secondary N) is 1. The van der Waals surface area contributed by atoms with Gasteiger partial charge in [0.25, 0.3) is 5.91 Å². The Morgan fingerprint density at radius 3 is 3.08 bits per heavy atom. The van der Waals surface area contributed by atoms with Gasteiger partial charge in [-0.05, 0) is 30.9 Å². The van der Waals surface area contributed by atoms with Gasteiger partial charge in [0, 0.05) is 11.9 Å². The Kier molecular flexibility index (Phi) is 1.89. The molecule has 1 heterocycles. The molecule has 0 radical (unpaired) electrons. The lowest BCUT2D eigenvalue weighted by Gasteiger charge is -1.92. The predicted molar refractivity (Wildman–Crippen MR) is 49.7 cm³/mol. The van der Waals surface area contributed by atoms with Crippen LogP contribution in [0, 0.1) is 0 Å². The summed E-state index contributed by atoms with van der Waals surface area (Å²) in [6.07, 6.45) is 3.58. The largest absolute Gasteiger partial charge is 0.354 e. The minimum atomic E-state index is 0.0504. The number of hydrogen-bond donors (Lipinski definition) is 1. The minimum absolute atomic E-state index is 0.0504. The molecular weight excluding hydrogens is 170 g/mol. The van der Waals surface area contributed by atoms with E-state index in [2.05, 4.69) is 5.32 Å². The van der Waals surface area contributed by atoms with E-state index in [0.717, 1.165) is 17.7 Å². The normalized spacial score (nSPS) is 14.4. The van der Waals surface area contributed by atoms with Crippen LogP contribution in [0.4, 0.5) is 0 Å². The van der Waals surface area contributed by atoms with E-state index in [1.807, 2.05) is 6.07 Å². The first-order valence-electron chi connectivity index (χ1n) is 4.15. The molecule has 3 heteroatoms. The molecule has 1 aliphatic rings. The van der Waals surface area contributed by atoms with Crippen LogP contribution in [0.15, 0.2) is 6.07 Å². The Bertz CT molecular complexity index is 295. The van der Waals surface area contributed by atoms with Gasteiger partial charge in [0.1, 0.15) is 0 Å². The zero-order valence-corrected chi connectivity index (χ0v) is 7.83.